The largest absolute Gasteiger partial charge is 0.390 e. The number of nitrogens with one attached hydrogen (secondary N) is 1. The minimum Gasteiger partial charge on any atom is -0.390 e. The molecular weight excluding hydrogens is 336 g/mol. The number of carbonyl (C=O) groups is 1. The molecule has 148 valence electrons. The fourth-order valence-corrected chi connectivity index (χ4v) is 7.27. The van der Waals surface area contributed by atoms with Crippen LogP contribution in [-0.4, -0.2) is 30.7 Å². The second-order valence-corrected chi connectivity index (χ2v) is 10.5. The number of oxime groups is 1. The number of fused-ring (bicyclic) bond motifs is 5. The van der Waals surface area contributed by atoms with Crippen LogP contribution in [0.2, 0.25) is 0 Å². The van der Waals surface area contributed by atoms with Crippen molar-refractivity contribution in [3.63, 3.8) is 0 Å². The van der Waals surface area contributed by atoms with E-state index in [2.05, 4.69) is 30.9 Å². The summed E-state index contributed by atoms with van der Waals surface area (Å²) in [5, 5.41) is 7.76. The first kappa shape index (κ1) is 17.9. The molecule has 0 aromatic heterocycles. The van der Waals surface area contributed by atoms with Gasteiger partial charge in [0.1, 0.15) is 5.78 Å². The lowest BCUT2D eigenvalue weighted by Crippen LogP contribution is -2.54. The van der Waals surface area contributed by atoms with Gasteiger partial charge in [0.25, 0.3) is 0 Å². The van der Waals surface area contributed by atoms with Crippen molar-refractivity contribution in [3.05, 3.63) is 12.2 Å². The zero-order valence-electron chi connectivity index (χ0n) is 16.9. The molecule has 0 radical (unpaired) electrons. The standard InChI is InChI=1S/C23H34N2O2/c1-14-10-15-11-16(25-27-17-12-24-13-17)6-8-22(15,2)19-7-9-23(3)18(21(14)19)4-5-20(23)26/h15,17-19,21,24H,1,4-13H2,2-3H3/b25-16-/t15?,18-,19-,21-,22-,23-/m0/s1. The Balaban J connectivity index is 1.37. The second-order valence-electron chi connectivity index (χ2n) is 10.5. The second kappa shape index (κ2) is 6.17. The van der Waals surface area contributed by atoms with Crippen LogP contribution in [0, 0.1) is 34.5 Å². The third-order valence-corrected chi connectivity index (χ3v) is 9.25. The molecule has 4 saturated carbocycles. The number of Topliss-reactive ketones (excluding diaryl/α,β-unsaturated/α-hetero) is 1. The van der Waals surface area contributed by atoms with Crippen LogP contribution in [0.15, 0.2) is 17.3 Å². The number of carbonyl (C=O) groups excluding carboxylic acids is 1. The van der Waals surface area contributed by atoms with Crippen LogP contribution < -0.4 is 5.32 Å². The molecule has 0 aromatic carbocycles. The minimum atomic E-state index is -0.0702. The van der Waals surface area contributed by atoms with Crippen LogP contribution >= 0.6 is 0 Å². The van der Waals surface area contributed by atoms with Crippen LogP contribution in [0.3, 0.4) is 0 Å². The monoisotopic (exact) mass is 370 g/mol. The molecule has 1 unspecified atom stereocenters. The first-order valence-corrected chi connectivity index (χ1v) is 11.0. The quantitative estimate of drug-likeness (QED) is 0.588. The van der Waals surface area contributed by atoms with E-state index in [1.807, 2.05) is 0 Å². The number of rotatable bonds is 2. The summed E-state index contributed by atoms with van der Waals surface area (Å²) in [6.45, 7) is 11.2. The molecular formula is C23H34N2O2. The molecule has 4 nitrogen and oxygen atoms in total. The zero-order valence-corrected chi connectivity index (χ0v) is 16.9. The van der Waals surface area contributed by atoms with Crippen LogP contribution in [0.5, 0.6) is 0 Å². The first-order valence-electron chi connectivity index (χ1n) is 11.0. The predicted molar refractivity (Wildman–Crippen MR) is 106 cm³/mol. The van der Waals surface area contributed by atoms with Gasteiger partial charge in [-0.15, -0.1) is 0 Å². The molecule has 0 spiro atoms. The third kappa shape index (κ3) is 2.58. The average molecular weight is 371 g/mol. The van der Waals surface area contributed by atoms with Crippen molar-refractivity contribution in [1.29, 1.82) is 0 Å². The fourth-order valence-electron chi connectivity index (χ4n) is 7.27. The maximum Gasteiger partial charge on any atom is 0.152 e. The lowest BCUT2D eigenvalue weighted by atomic mass is 9.44. The number of hydrogen-bond donors (Lipinski definition) is 1. The number of nitrogens with zero attached hydrogens (tertiary/aromatic N) is 1. The van der Waals surface area contributed by atoms with Gasteiger partial charge in [-0.25, -0.2) is 0 Å². The molecule has 1 N–H and O–H groups in total. The van der Waals surface area contributed by atoms with Crippen LogP contribution in [0.4, 0.5) is 0 Å². The summed E-state index contributed by atoms with van der Waals surface area (Å²) in [6, 6.07) is 0. The topological polar surface area (TPSA) is 50.7 Å². The van der Waals surface area contributed by atoms with Gasteiger partial charge < -0.3 is 10.2 Å². The van der Waals surface area contributed by atoms with Crippen molar-refractivity contribution in [2.24, 2.45) is 39.7 Å². The Kier molecular flexibility index (Phi) is 4.09. The molecule has 5 aliphatic rings. The summed E-state index contributed by atoms with van der Waals surface area (Å²) in [5.74, 6) is 2.96. The van der Waals surface area contributed by atoms with Gasteiger partial charge in [-0.05, 0) is 74.0 Å². The highest BCUT2D eigenvalue weighted by molar-refractivity contribution is 5.87. The van der Waals surface area contributed by atoms with E-state index in [0.29, 0.717) is 34.9 Å². The number of hydrogen-bond acceptors (Lipinski definition) is 4. The smallest absolute Gasteiger partial charge is 0.152 e. The van der Waals surface area contributed by atoms with E-state index >= 15 is 0 Å². The highest BCUT2D eigenvalue weighted by Crippen LogP contribution is 2.66. The van der Waals surface area contributed by atoms with Crippen molar-refractivity contribution in [2.75, 3.05) is 13.1 Å². The Hall–Kier alpha value is -1.16. The van der Waals surface area contributed by atoms with Crippen molar-refractivity contribution in [3.8, 4) is 0 Å². The van der Waals surface area contributed by atoms with E-state index in [1.165, 1.54) is 24.1 Å². The highest BCUT2D eigenvalue weighted by atomic mass is 16.6. The summed E-state index contributed by atoms with van der Waals surface area (Å²) in [5.41, 5.74) is 2.99. The lowest BCUT2D eigenvalue weighted by molar-refractivity contribution is -0.133. The predicted octanol–water partition coefficient (Wildman–Crippen LogP) is 4.11. The molecule has 4 heteroatoms. The maximum absolute atomic E-state index is 12.6. The minimum absolute atomic E-state index is 0.0702. The molecule has 0 amide bonds. The van der Waals surface area contributed by atoms with Gasteiger partial charge >= 0.3 is 0 Å². The van der Waals surface area contributed by atoms with E-state index in [0.717, 1.165) is 51.6 Å². The van der Waals surface area contributed by atoms with Crippen molar-refractivity contribution in [2.45, 2.75) is 71.3 Å². The van der Waals surface area contributed by atoms with E-state index in [4.69, 9.17) is 4.84 Å². The molecule has 6 atom stereocenters. The normalized spacial score (nSPS) is 48.6. The molecule has 27 heavy (non-hydrogen) atoms. The van der Waals surface area contributed by atoms with Crippen LogP contribution in [0.25, 0.3) is 0 Å². The number of allylic oxidation sites excluding steroid dienone is 1. The average Bonchev–Trinajstić information content (AvgIpc) is 2.90. The SMILES string of the molecule is C=C1CC2C/C(=N\OC3CNC3)CC[C@]2(C)[C@H]2CC[C@]3(C)C(=O)CC[C@H]3[C@H]12. The van der Waals surface area contributed by atoms with Gasteiger partial charge in [0.15, 0.2) is 6.10 Å². The Morgan fingerprint density at radius 1 is 1.11 bits per heavy atom. The summed E-state index contributed by atoms with van der Waals surface area (Å²) in [6.07, 6.45) is 8.92. The van der Waals surface area contributed by atoms with Crippen molar-refractivity contribution >= 4 is 11.5 Å². The summed E-state index contributed by atoms with van der Waals surface area (Å²) < 4.78 is 0. The summed E-state index contributed by atoms with van der Waals surface area (Å²) >= 11 is 0. The Morgan fingerprint density at radius 2 is 1.93 bits per heavy atom. The van der Waals surface area contributed by atoms with E-state index < -0.39 is 0 Å². The third-order valence-electron chi connectivity index (χ3n) is 9.25. The van der Waals surface area contributed by atoms with Gasteiger partial charge in [-0.2, -0.15) is 0 Å². The van der Waals surface area contributed by atoms with E-state index in [-0.39, 0.29) is 11.5 Å². The van der Waals surface area contributed by atoms with E-state index in [9.17, 15) is 4.79 Å². The fraction of sp³-hybridized carbons (Fsp3) is 0.826. The molecule has 5 rings (SSSR count). The van der Waals surface area contributed by atoms with Gasteiger partial charge in [0.2, 0.25) is 0 Å². The van der Waals surface area contributed by atoms with Crippen LogP contribution in [-0.2, 0) is 9.63 Å². The van der Waals surface area contributed by atoms with Gasteiger partial charge in [-0.1, -0.05) is 31.2 Å². The summed E-state index contributed by atoms with van der Waals surface area (Å²) in [4.78, 5) is 18.3. The molecule has 1 saturated heterocycles. The van der Waals surface area contributed by atoms with Crippen molar-refractivity contribution in [1.82, 2.24) is 5.32 Å². The molecule has 1 aliphatic heterocycles. The Morgan fingerprint density at radius 3 is 2.67 bits per heavy atom. The maximum atomic E-state index is 12.6. The first-order chi connectivity index (χ1) is 12.9. The van der Waals surface area contributed by atoms with Crippen LogP contribution in [0.1, 0.15) is 65.2 Å². The highest BCUT2D eigenvalue weighted by Gasteiger charge is 2.61. The molecule has 1 heterocycles. The number of ketones is 1. The van der Waals surface area contributed by atoms with Gasteiger partial charge in [0, 0.05) is 24.9 Å². The zero-order chi connectivity index (χ0) is 18.8. The van der Waals surface area contributed by atoms with Gasteiger partial charge in [0.05, 0.1) is 5.71 Å². The Labute approximate surface area is 163 Å². The van der Waals surface area contributed by atoms with Crippen molar-refractivity contribution < 1.29 is 9.63 Å². The molecule has 0 aromatic rings. The molecule has 4 aliphatic carbocycles. The Bertz CT molecular complexity index is 696. The van der Waals surface area contributed by atoms with Gasteiger partial charge in [-0.3, -0.25) is 4.79 Å². The molecule has 0 bridgehead atoms. The van der Waals surface area contributed by atoms with E-state index in [1.54, 1.807) is 0 Å². The summed E-state index contributed by atoms with van der Waals surface area (Å²) in [7, 11) is 0. The lowest BCUT2D eigenvalue weighted by Gasteiger charge is -2.60. The molecule has 5 fully saturated rings.